The Labute approximate surface area is 97.4 Å². The highest BCUT2D eigenvalue weighted by molar-refractivity contribution is 5.23. The van der Waals surface area contributed by atoms with Gasteiger partial charge in [0.25, 0.3) is 0 Å². The highest BCUT2D eigenvalue weighted by atomic mass is 15.3. The molecule has 2 heterocycles. The molecule has 4 nitrogen and oxygen atoms in total. The van der Waals surface area contributed by atoms with Crippen LogP contribution in [0.3, 0.4) is 0 Å². The molecule has 0 saturated carbocycles. The van der Waals surface area contributed by atoms with Crippen LogP contribution < -0.4 is 5.73 Å². The third-order valence-electron chi connectivity index (χ3n) is 3.41. The zero-order chi connectivity index (χ0) is 11.5. The van der Waals surface area contributed by atoms with Gasteiger partial charge in [-0.1, -0.05) is 6.92 Å². The molecule has 1 aliphatic heterocycles. The number of nitrogens with zero attached hydrogens (tertiary/aromatic N) is 3. The minimum Gasteiger partial charge on any atom is -0.382 e. The number of nitrogens with two attached hydrogens (primary N) is 1. The fourth-order valence-corrected chi connectivity index (χ4v) is 2.64. The SMILES string of the molecule is CC1CC(C)N(CCCn2ccc(N)n2)C1. The standard InChI is InChI=1S/C12H22N4/c1-10-8-11(2)15(9-10)5-3-6-16-7-4-12(13)14-16/h4,7,10-11H,3,5-6,8-9H2,1-2H3,(H2,13,14). The summed E-state index contributed by atoms with van der Waals surface area (Å²) in [6.45, 7) is 8.06. The lowest BCUT2D eigenvalue weighted by atomic mass is 10.1. The van der Waals surface area contributed by atoms with Crippen molar-refractivity contribution in [2.75, 3.05) is 18.8 Å². The molecule has 0 radical (unpaired) electrons. The first kappa shape index (κ1) is 11.5. The van der Waals surface area contributed by atoms with Gasteiger partial charge < -0.3 is 10.6 Å². The van der Waals surface area contributed by atoms with Gasteiger partial charge in [-0.2, -0.15) is 5.10 Å². The van der Waals surface area contributed by atoms with Crippen LogP contribution in [0.25, 0.3) is 0 Å². The molecule has 0 aromatic carbocycles. The van der Waals surface area contributed by atoms with Gasteiger partial charge in [-0.25, -0.2) is 0 Å². The Kier molecular flexibility index (Phi) is 3.49. The summed E-state index contributed by atoms with van der Waals surface area (Å²) in [5, 5.41) is 4.18. The molecule has 0 amide bonds. The van der Waals surface area contributed by atoms with Gasteiger partial charge in [-0.15, -0.1) is 0 Å². The molecule has 2 rings (SSSR count). The summed E-state index contributed by atoms with van der Waals surface area (Å²) in [4.78, 5) is 2.58. The molecule has 2 N–H and O–H groups in total. The molecule has 0 bridgehead atoms. The minimum absolute atomic E-state index is 0.614. The molecule has 90 valence electrons. The van der Waals surface area contributed by atoms with Crippen molar-refractivity contribution in [3.8, 4) is 0 Å². The maximum Gasteiger partial charge on any atom is 0.145 e. The van der Waals surface area contributed by atoms with Crippen LogP contribution >= 0.6 is 0 Å². The van der Waals surface area contributed by atoms with Crippen LogP contribution in [0.5, 0.6) is 0 Å². The minimum atomic E-state index is 0.614. The number of nitrogen functional groups attached to an aromatic ring is 1. The quantitative estimate of drug-likeness (QED) is 0.841. The van der Waals surface area contributed by atoms with Crippen LogP contribution in [0.4, 0.5) is 5.82 Å². The first-order valence-corrected chi connectivity index (χ1v) is 6.18. The maximum absolute atomic E-state index is 5.57. The Morgan fingerprint density at radius 1 is 1.44 bits per heavy atom. The number of likely N-dealkylation sites (tertiary alicyclic amines) is 1. The van der Waals surface area contributed by atoms with Gasteiger partial charge >= 0.3 is 0 Å². The molecular weight excluding hydrogens is 200 g/mol. The zero-order valence-electron chi connectivity index (χ0n) is 10.3. The van der Waals surface area contributed by atoms with Crippen molar-refractivity contribution in [1.82, 2.24) is 14.7 Å². The van der Waals surface area contributed by atoms with Crippen LogP contribution in [0.2, 0.25) is 0 Å². The molecule has 1 fully saturated rings. The third kappa shape index (κ3) is 2.76. The highest BCUT2D eigenvalue weighted by Gasteiger charge is 2.25. The molecule has 16 heavy (non-hydrogen) atoms. The predicted molar refractivity (Wildman–Crippen MR) is 66.1 cm³/mol. The van der Waals surface area contributed by atoms with E-state index in [2.05, 4.69) is 23.8 Å². The largest absolute Gasteiger partial charge is 0.382 e. The monoisotopic (exact) mass is 222 g/mol. The van der Waals surface area contributed by atoms with E-state index in [1.807, 2.05) is 16.9 Å². The number of rotatable bonds is 4. The van der Waals surface area contributed by atoms with Crippen molar-refractivity contribution in [2.24, 2.45) is 5.92 Å². The predicted octanol–water partition coefficient (Wildman–Crippen LogP) is 1.59. The van der Waals surface area contributed by atoms with Crippen LogP contribution in [-0.4, -0.2) is 33.8 Å². The summed E-state index contributed by atoms with van der Waals surface area (Å²) in [6, 6.07) is 2.60. The molecule has 0 aliphatic carbocycles. The summed E-state index contributed by atoms with van der Waals surface area (Å²) in [6.07, 6.45) is 4.44. The molecule has 4 heteroatoms. The molecular formula is C12H22N4. The van der Waals surface area contributed by atoms with Gasteiger partial charge in [0.05, 0.1) is 0 Å². The second kappa shape index (κ2) is 4.87. The van der Waals surface area contributed by atoms with Gasteiger partial charge in [0.2, 0.25) is 0 Å². The third-order valence-corrected chi connectivity index (χ3v) is 3.41. The maximum atomic E-state index is 5.57. The Balaban J connectivity index is 1.72. The highest BCUT2D eigenvalue weighted by Crippen LogP contribution is 2.22. The first-order chi connectivity index (χ1) is 7.65. The van der Waals surface area contributed by atoms with E-state index in [1.165, 1.54) is 19.5 Å². The van der Waals surface area contributed by atoms with Gasteiger partial charge in [-0.05, 0) is 31.7 Å². The lowest BCUT2D eigenvalue weighted by Gasteiger charge is -2.20. The Hall–Kier alpha value is -1.03. The fraction of sp³-hybridized carbons (Fsp3) is 0.750. The first-order valence-electron chi connectivity index (χ1n) is 6.18. The summed E-state index contributed by atoms with van der Waals surface area (Å²) < 4.78 is 1.93. The second-order valence-electron chi connectivity index (χ2n) is 5.04. The van der Waals surface area contributed by atoms with Crippen LogP contribution in [-0.2, 0) is 6.54 Å². The van der Waals surface area contributed by atoms with Crippen molar-refractivity contribution in [2.45, 2.75) is 39.3 Å². The molecule has 2 atom stereocenters. The summed E-state index contributed by atoms with van der Waals surface area (Å²) in [5.41, 5.74) is 5.57. The van der Waals surface area contributed by atoms with E-state index >= 15 is 0 Å². The molecule has 2 unspecified atom stereocenters. The molecule has 1 aliphatic rings. The molecule has 1 saturated heterocycles. The van der Waals surface area contributed by atoms with E-state index in [1.54, 1.807) is 0 Å². The van der Waals surface area contributed by atoms with E-state index in [9.17, 15) is 0 Å². The van der Waals surface area contributed by atoms with E-state index in [0.29, 0.717) is 5.82 Å². The number of aryl methyl sites for hydroxylation is 1. The number of hydrogen-bond acceptors (Lipinski definition) is 3. The Morgan fingerprint density at radius 2 is 2.25 bits per heavy atom. The number of aromatic nitrogens is 2. The summed E-state index contributed by atoms with van der Waals surface area (Å²) in [5.74, 6) is 1.47. The van der Waals surface area contributed by atoms with E-state index in [-0.39, 0.29) is 0 Å². The number of hydrogen-bond donors (Lipinski definition) is 1. The van der Waals surface area contributed by atoms with Gasteiger partial charge in [0.1, 0.15) is 5.82 Å². The topological polar surface area (TPSA) is 47.1 Å². The second-order valence-corrected chi connectivity index (χ2v) is 5.04. The Morgan fingerprint density at radius 3 is 2.81 bits per heavy atom. The smallest absolute Gasteiger partial charge is 0.145 e. The lowest BCUT2D eigenvalue weighted by molar-refractivity contribution is 0.255. The van der Waals surface area contributed by atoms with Crippen LogP contribution in [0.15, 0.2) is 12.3 Å². The van der Waals surface area contributed by atoms with Crippen molar-refractivity contribution in [3.05, 3.63) is 12.3 Å². The van der Waals surface area contributed by atoms with Crippen molar-refractivity contribution < 1.29 is 0 Å². The van der Waals surface area contributed by atoms with Crippen LogP contribution in [0, 0.1) is 5.92 Å². The van der Waals surface area contributed by atoms with Crippen LogP contribution in [0.1, 0.15) is 26.7 Å². The van der Waals surface area contributed by atoms with Gasteiger partial charge in [-0.3, -0.25) is 4.68 Å². The van der Waals surface area contributed by atoms with E-state index < -0.39 is 0 Å². The van der Waals surface area contributed by atoms with Gasteiger partial charge in [0.15, 0.2) is 0 Å². The summed E-state index contributed by atoms with van der Waals surface area (Å²) >= 11 is 0. The van der Waals surface area contributed by atoms with E-state index in [0.717, 1.165) is 24.9 Å². The average Bonchev–Trinajstić information content (AvgIpc) is 2.74. The van der Waals surface area contributed by atoms with Crippen molar-refractivity contribution in [3.63, 3.8) is 0 Å². The fourth-order valence-electron chi connectivity index (χ4n) is 2.64. The normalized spacial score (nSPS) is 26.4. The Bertz CT molecular complexity index is 334. The van der Waals surface area contributed by atoms with Crippen molar-refractivity contribution in [1.29, 1.82) is 0 Å². The van der Waals surface area contributed by atoms with Gasteiger partial charge in [0, 0.05) is 31.9 Å². The number of anilines is 1. The average molecular weight is 222 g/mol. The van der Waals surface area contributed by atoms with E-state index in [4.69, 9.17) is 5.73 Å². The molecule has 1 aromatic rings. The zero-order valence-corrected chi connectivity index (χ0v) is 10.3. The molecule has 1 aromatic heterocycles. The lowest BCUT2D eigenvalue weighted by Crippen LogP contribution is -2.28. The molecule has 0 spiro atoms. The summed E-state index contributed by atoms with van der Waals surface area (Å²) in [7, 11) is 0. The van der Waals surface area contributed by atoms with Crippen molar-refractivity contribution >= 4 is 5.82 Å².